The number of allylic oxidation sites excluding steroid dienone is 1. The molecule has 2 rings (SSSR count). The second kappa shape index (κ2) is 14.2. The van der Waals surface area contributed by atoms with E-state index in [2.05, 4.69) is 15.9 Å². The van der Waals surface area contributed by atoms with E-state index >= 15 is 0 Å². The molecular weight excluding hydrogens is 412 g/mol. The molecule has 0 radical (unpaired) electrons. The first-order chi connectivity index (χ1) is 13.8. The number of unbranched alkanes of at least 4 members (excludes halogenated alkanes) is 7. The van der Waals surface area contributed by atoms with Gasteiger partial charge in [-0.1, -0.05) is 103 Å². The molecular formula is C25H31BrO2. The van der Waals surface area contributed by atoms with Crippen LogP contribution in [-0.2, 0) is 0 Å². The fourth-order valence-corrected chi connectivity index (χ4v) is 3.39. The third-order valence-electron chi connectivity index (χ3n) is 4.66. The summed E-state index contributed by atoms with van der Waals surface area (Å²) >= 11 is 3.48. The number of hydrogen-bond donors (Lipinski definition) is 0. The lowest BCUT2D eigenvalue weighted by atomic mass is 10.1. The van der Waals surface area contributed by atoms with Crippen molar-refractivity contribution in [2.75, 3.05) is 11.9 Å². The van der Waals surface area contributed by atoms with E-state index < -0.39 is 0 Å². The highest BCUT2D eigenvalue weighted by atomic mass is 79.9. The lowest BCUT2D eigenvalue weighted by molar-refractivity contribution is 0.104. The molecule has 0 amide bonds. The van der Waals surface area contributed by atoms with Crippen molar-refractivity contribution in [3.05, 3.63) is 71.8 Å². The Morgan fingerprint density at radius 3 is 2.04 bits per heavy atom. The van der Waals surface area contributed by atoms with Crippen LogP contribution in [0.25, 0.3) is 6.08 Å². The second-order valence-electron chi connectivity index (χ2n) is 7.00. The highest BCUT2D eigenvalue weighted by Gasteiger charge is 2.00. The summed E-state index contributed by atoms with van der Waals surface area (Å²) in [6.45, 7) is 0.769. The van der Waals surface area contributed by atoms with Gasteiger partial charge in [-0.15, -0.1) is 0 Å². The molecule has 0 unspecified atom stereocenters. The van der Waals surface area contributed by atoms with E-state index in [1.165, 1.54) is 44.9 Å². The van der Waals surface area contributed by atoms with Crippen LogP contribution in [0.1, 0.15) is 67.3 Å². The first-order valence-electron chi connectivity index (χ1n) is 10.4. The molecule has 0 aromatic heterocycles. The Morgan fingerprint density at radius 2 is 1.39 bits per heavy atom. The van der Waals surface area contributed by atoms with Crippen LogP contribution >= 0.6 is 15.9 Å². The highest BCUT2D eigenvalue weighted by Crippen LogP contribution is 2.15. The Bertz CT molecular complexity index is 692. The van der Waals surface area contributed by atoms with Crippen molar-refractivity contribution in [1.82, 2.24) is 0 Å². The maximum absolute atomic E-state index is 12.1. The lowest BCUT2D eigenvalue weighted by Crippen LogP contribution is -1.97. The molecule has 0 saturated carbocycles. The van der Waals surface area contributed by atoms with E-state index in [9.17, 15) is 4.79 Å². The maximum atomic E-state index is 12.1. The van der Waals surface area contributed by atoms with Crippen LogP contribution < -0.4 is 4.74 Å². The van der Waals surface area contributed by atoms with Gasteiger partial charge in [0.05, 0.1) is 6.61 Å². The van der Waals surface area contributed by atoms with E-state index in [1.54, 1.807) is 6.08 Å². The summed E-state index contributed by atoms with van der Waals surface area (Å²) < 4.78 is 5.82. The fourth-order valence-electron chi connectivity index (χ4n) is 2.99. The molecule has 0 atom stereocenters. The molecule has 0 bridgehead atoms. The molecule has 0 fully saturated rings. The molecule has 2 nitrogen and oxygen atoms in total. The molecule has 0 N–H and O–H groups in total. The molecule has 28 heavy (non-hydrogen) atoms. The zero-order valence-corrected chi connectivity index (χ0v) is 18.2. The Kier molecular flexibility index (Phi) is 11.3. The number of halogens is 1. The quantitative estimate of drug-likeness (QED) is 0.131. The number of hydrogen-bond acceptors (Lipinski definition) is 2. The van der Waals surface area contributed by atoms with E-state index in [0.29, 0.717) is 5.56 Å². The van der Waals surface area contributed by atoms with Gasteiger partial charge in [0, 0.05) is 10.9 Å². The Labute approximate surface area is 178 Å². The monoisotopic (exact) mass is 442 g/mol. The van der Waals surface area contributed by atoms with Crippen LogP contribution in [0.2, 0.25) is 0 Å². The van der Waals surface area contributed by atoms with Gasteiger partial charge < -0.3 is 4.74 Å². The van der Waals surface area contributed by atoms with Crippen LogP contribution in [0.5, 0.6) is 5.75 Å². The van der Waals surface area contributed by atoms with Crippen LogP contribution in [0.15, 0.2) is 60.7 Å². The predicted octanol–water partition coefficient (Wildman–Crippen LogP) is 7.48. The first-order valence-corrected chi connectivity index (χ1v) is 11.5. The highest BCUT2D eigenvalue weighted by molar-refractivity contribution is 9.09. The number of carbonyl (C=O) groups excluding carboxylic acids is 1. The van der Waals surface area contributed by atoms with Crippen molar-refractivity contribution in [1.29, 1.82) is 0 Å². The normalized spacial score (nSPS) is 11.0. The summed E-state index contributed by atoms with van der Waals surface area (Å²) in [5.74, 6) is 0.908. The molecule has 0 saturated heterocycles. The summed E-state index contributed by atoms with van der Waals surface area (Å²) in [4.78, 5) is 12.1. The molecule has 150 valence electrons. The van der Waals surface area contributed by atoms with Crippen molar-refractivity contribution in [2.45, 2.75) is 51.4 Å². The van der Waals surface area contributed by atoms with Crippen LogP contribution in [-0.4, -0.2) is 17.7 Å². The zero-order chi connectivity index (χ0) is 19.9. The third kappa shape index (κ3) is 9.36. The largest absolute Gasteiger partial charge is 0.494 e. The summed E-state index contributed by atoms with van der Waals surface area (Å²) in [6, 6.07) is 17.2. The van der Waals surface area contributed by atoms with Gasteiger partial charge in [0.25, 0.3) is 0 Å². The minimum Gasteiger partial charge on any atom is -0.494 e. The molecule has 2 aromatic carbocycles. The summed E-state index contributed by atoms with van der Waals surface area (Å²) in [5.41, 5.74) is 1.70. The molecule has 2 aromatic rings. The standard InChI is InChI=1S/C25H31BrO2/c26-20-10-5-3-1-2-4-6-11-21-28-24-17-14-22(15-18-24)16-19-25(27)23-12-8-7-9-13-23/h7-9,12-19H,1-6,10-11,20-21H2/b19-16+. The van der Waals surface area contributed by atoms with Gasteiger partial charge in [-0.05, 0) is 36.6 Å². The Balaban J connectivity index is 1.60. The molecule has 0 heterocycles. The molecule has 0 aliphatic carbocycles. The van der Waals surface area contributed by atoms with Crippen LogP contribution in [0.4, 0.5) is 0 Å². The van der Waals surface area contributed by atoms with Gasteiger partial charge >= 0.3 is 0 Å². The van der Waals surface area contributed by atoms with Gasteiger partial charge in [0.1, 0.15) is 5.75 Å². The van der Waals surface area contributed by atoms with Gasteiger partial charge in [-0.2, -0.15) is 0 Å². The number of ether oxygens (including phenoxy) is 1. The third-order valence-corrected chi connectivity index (χ3v) is 5.22. The van der Waals surface area contributed by atoms with Crippen molar-refractivity contribution in [2.24, 2.45) is 0 Å². The molecule has 0 spiro atoms. The Morgan fingerprint density at radius 1 is 0.786 bits per heavy atom. The lowest BCUT2D eigenvalue weighted by Gasteiger charge is -2.06. The molecule has 3 heteroatoms. The number of alkyl halides is 1. The van der Waals surface area contributed by atoms with Crippen LogP contribution in [0.3, 0.4) is 0 Å². The van der Waals surface area contributed by atoms with Gasteiger partial charge in [-0.25, -0.2) is 0 Å². The SMILES string of the molecule is O=C(/C=C/c1ccc(OCCCCCCCCCCBr)cc1)c1ccccc1. The van der Waals surface area contributed by atoms with Gasteiger partial charge in [-0.3, -0.25) is 4.79 Å². The van der Waals surface area contributed by atoms with Gasteiger partial charge in [0.2, 0.25) is 0 Å². The van der Waals surface area contributed by atoms with Crippen molar-refractivity contribution < 1.29 is 9.53 Å². The van der Waals surface area contributed by atoms with E-state index in [0.717, 1.165) is 29.7 Å². The zero-order valence-electron chi connectivity index (χ0n) is 16.6. The Hall–Kier alpha value is -1.87. The second-order valence-corrected chi connectivity index (χ2v) is 7.79. The van der Waals surface area contributed by atoms with Crippen molar-refractivity contribution >= 4 is 27.8 Å². The van der Waals surface area contributed by atoms with E-state index in [-0.39, 0.29) is 5.78 Å². The number of carbonyl (C=O) groups is 1. The summed E-state index contributed by atoms with van der Waals surface area (Å²) in [7, 11) is 0. The van der Waals surface area contributed by atoms with Gasteiger partial charge in [0.15, 0.2) is 5.78 Å². The van der Waals surface area contributed by atoms with E-state index in [1.807, 2.05) is 60.7 Å². The maximum Gasteiger partial charge on any atom is 0.185 e. The average molecular weight is 443 g/mol. The summed E-state index contributed by atoms with van der Waals surface area (Å²) in [6.07, 6.45) is 13.8. The molecule has 0 aliphatic rings. The summed E-state index contributed by atoms with van der Waals surface area (Å²) in [5, 5.41) is 1.13. The smallest absolute Gasteiger partial charge is 0.185 e. The molecule has 0 aliphatic heterocycles. The first kappa shape index (κ1) is 22.4. The topological polar surface area (TPSA) is 26.3 Å². The van der Waals surface area contributed by atoms with Crippen molar-refractivity contribution in [3.8, 4) is 5.75 Å². The number of benzene rings is 2. The van der Waals surface area contributed by atoms with Crippen LogP contribution in [0, 0.1) is 0 Å². The number of ketones is 1. The predicted molar refractivity (Wildman–Crippen MR) is 122 cm³/mol. The average Bonchev–Trinajstić information content (AvgIpc) is 2.75. The van der Waals surface area contributed by atoms with Crippen molar-refractivity contribution in [3.63, 3.8) is 0 Å². The minimum atomic E-state index is 0.0176. The fraction of sp³-hybridized carbons (Fsp3) is 0.400. The number of rotatable bonds is 14. The minimum absolute atomic E-state index is 0.0176. The van der Waals surface area contributed by atoms with E-state index in [4.69, 9.17) is 4.74 Å².